The third-order valence-corrected chi connectivity index (χ3v) is 7.19. The van der Waals surface area contributed by atoms with E-state index in [-0.39, 0.29) is 4.90 Å². The zero-order chi connectivity index (χ0) is 22.6. The summed E-state index contributed by atoms with van der Waals surface area (Å²) >= 11 is 0. The highest BCUT2D eigenvalue weighted by Gasteiger charge is 2.26. The summed E-state index contributed by atoms with van der Waals surface area (Å²) < 4.78 is 43.9. The topological polar surface area (TPSA) is 94.8 Å². The van der Waals surface area contributed by atoms with Gasteiger partial charge >= 0.3 is 0 Å². The first kappa shape index (κ1) is 22.3. The van der Waals surface area contributed by atoms with Crippen molar-refractivity contribution in [3.8, 4) is 34.3 Å². The largest absolute Gasteiger partial charge is 0.490 e. The molecule has 0 amide bonds. The molecule has 1 aliphatic heterocycles. The predicted molar refractivity (Wildman–Crippen MR) is 120 cm³/mol. The van der Waals surface area contributed by atoms with Crippen LogP contribution in [0.4, 0.5) is 0 Å². The summed E-state index contributed by atoms with van der Waals surface area (Å²) in [5.41, 5.74) is 1.38. The Bertz CT molecular complexity index is 1150. The van der Waals surface area contributed by atoms with Gasteiger partial charge in [-0.1, -0.05) is 11.6 Å². The van der Waals surface area contributed by atoms with Crippen molar-refractivity contribution in [3.63, 3.8) is 0 Å². The van der Waals surface area contributed by atoms with Crippen LogP contribution in [0.25, 0.3) is 22.8 Å². The highest BCUT2D eigenvalue weighted by atomic mass is 32.2. The molecule has 1 aromatic heterocycles. The summed E-state index contributed by atoms with van der Waals surface area (Å²) in [5.74, 6) is 1.99. The van der Waals surface area contributed by atoms with Crippen LogP contribution in [0.1, 0.15) is 33.1 Å². The van der Waals surface area contributed by atoms with Crippen molar-refractivity contribution in [1.29, 1.82) is 0 Å². The smallest absolute Gasteiger partial charge is 0.258 e. The summed E-state index contributed by atoms with van der Waals surface area (Å²) in [6.45, 7) is 6.01. The summed E-state index contributed by atoms with van der Waals surface area (Å²) in [7, 11) is -3.47. The second-order valence-corrected chi connectivity index (χ2v) is 9.38. The van der Waals surface area contributed by atoms with Gasteiger partial charge in [0.2, 0.25) is 15.8 Å². The first-order valence-corrected chi connectivity index (χ1v) is 12.3. The Hall–Kier alpha value is -2.91. The molecule has 1 saturated heterocycles. The standard InChI is InChI=1S/C23H27N3O5S/c1-3-29-20-13-10-18(16-21(20)30-4-2)23-24-22(25-31-23)17-8-11-19(12-9-17)32(27,28)26-14-6-5-7-15-26/h8-13,16H,3-7,14-15H2,1-2H3. The van der Waals surface area contributed by atoms with Gasteiger partial charge in [-0.25, -0.2) is 8.42 Å². The van der Waals surface area contributed by atoms with Crippen LogP contribution in [0.5, 0.6) is 11.5 Å². The zero-order valence-corrected chi connectivity index (χ0v) is 19.1. The van der Waals surface area contributed by atoms with Crippen LogP contribution in [0.3, 0.4) is 0 Å². The lowest BCUT2D eigenvalue weighted by molar-refractivity contribution is 0.288. The summed E-state index contributed by atoms with van der Waals surface area (Å²) in [6, 6.07) is 12.1. The number of hydrogen-bond acceptors (Lipinski definition) is 7. The Labute approximate surface area is 188 Å². The van der Waals surface area contributed by atoms with E-state index < -0.39 is 10.0 Å². The molecule has 2 heterocycles. The van der Waals surface area contributed by atoms with Gasteiger partial charge in [-0.15, -0.1) is 0 Å². The third-order valence-electron chi connectivity index (χ3n) is 5.28. The van der Waals surface area contributed by atoms with Gasteiger partial charge < -0.3 is 14.0 Å². The van der Waals surface area contributed by atoms with E-state index in [1.807, 2.05) is 26.0 Å². The van der Waals surface area contributed by atoms with Gasteiger partial charge in [-0.2, -0.15) is 9.29 Å². The second kappa shape index (κ2) is 9.70. The van der Waals surface area contributed by atoms with E-state index >= 15 is 0 Å². The zero-order valence-electron chi connectivity index (χ0n) is 18.3. The van der Waals surface area contributed by atoms with Crippen molar-refractivity contribution in [2.75, 3.05) is 26.3 Å². The molecule has 0 atom stereocenters. The number of nitrogens with zero attached hydrogens (tertiary/aromatic N) is 3. The van der Waals surface area contributed by atoms with Gasteiger partial charge in [0.1, 0.15) is 0 Å². The third kappa shape index (κ3) is 4.63. The van der Waals surface area contributed by atoms with Crippen molar-refractivity contribution < 1.29 is 22.4 Å². The molecule has 0 radical (unpaired) electrons. The maximum absolute atomic E-state index is 12.8. The van der Waals surface area contributed by atoms with E-state index in [9.17, 15) is 8.42 Å². The Morgan fingerprint density at radius 3 is 2.25 bits per heavy atom. The minimum absolute atomic E-state index is 0.278. The van der Waals surface area contributed by atoms with Gasteiger partial charge in [-0.3, -0.25) is 0 Å². The molecule has 0 bridgehead atoms. The molecule has 32 heavy (non-hydrogen) atoms. The molecule has 0 spiro atoms. The Kier molecular flexibility index (Phi) is 6.76. The molecule has 170 valence electrons. The highest BCUT2D eigenvalue weighted by molar-refractivity contribution is 7.89. The minimum atomic E-state index is -3.47. The number of ether oxygens (including phenoxy) is 2. The van der Waals surface area contributed by atoms with Crippen LogP contribution in [-0.2, 0) is 10.0 Å². The molecule has 8 nitrogen and oxygen atoms in total. The lowest BCUT2D eigenvalue weighted by Crippen LogP contribution is -2.35. The van der Waals surface area contributed by atoms with Gasteiger partial charge in [0.25, 0.3) is 5.89 Å². The minimum Gasteiger partial charge on any atom is -0.490 e. The average Bonchev–Trinajstić information content (AvgIpc) is 3.31. The van der Waals surface area contributed by atoms with Crippen LogP contribution in [-0.4, -0.2) is 49.2 Å². The fourth-order valence-electron chi connectivity index (χ4n) is 3.67. The number of hydrogen-bond donors (Lipinski definition) is 0. The molecular formula is C23H27N3O5S. The molecule has 1 fully saturated rings. The van der Waals surface area contributed by atoms with Crippen LogP contribution in [0.2, 0.25) is 0 Å². The van der Waals surface area contributed by atoms with E-state index in [1.165, 1.54) is 0 Å². The van der Waals surface area contributed by atoms with Crippen LogP contribution < -0.4 is 9.47 Å². The van der Waals surface area contributed by atoms with E-state index in [0.717, 1.165) is 19.3 Å². The van der Waals surface area contributed by atoms with Crippen LogP contribution in [0, 0.1) is 0 Å². The number of piperidine rings is 1. The predicted octanol–water partition coefficient (Wildman–Crippen LogP) is 4.38. The molecule has 0 N–H and O–H groups in total. The number of rotatable bonds is 8. The normalized spacial score (nSPS) is 14.9. The van der Waals surface area contributed by atoms with Crippen molar-refractivity contribution in [3.05, 3.63) is 42.5 Å². The van der Waals surface area contributed by atoms with Crippen molar-refractivity contribution in [2.45, 2.75) is 38.0 Å². The summed E-state index contributed by atoms with van der Waals surface area (Å²) in [5, 5.41) is 4.06. The molecular weight excluding hydrogens is 430 g/mol. The van der Waals surface area contributed by atoms with Crippen LogP contribution >= 0.6 is 0 Å². The quantitative estimate of drug-likeness (QED) is 0.495. The van der Waals surface area contributed by atoms with E-state index in [1.54, 1.807) is 34.6 Å². The lowest BCUT2D eigenvalue weighted by atomic mass is 10.2. The first-order chi connectivity index (χ1) is 15.5. The van der Waals surface area contributed by atoms with Gasteiger partial charge in [0.05, 0.1) is 18.1 Å². The SMILES string of the molecule is CCOc1ccc(-c2nc(-c3ccc(S(=O)(=O)N4CCCCC4)cc3)no2)cc1OCC. The summed E-state index contributed by atoms with van der Waals surface area (Å²) in [6.07, 6.45) is 2.88. The maximum atomic E-state index is 12.8. The molecule has 0 unspecified atom stereocenters. The number of benzene rings is 2. The Balaban J connectivity index is 1.55. The number of sulfonamides is 1. The molecule has 0 aliphatic carbocycles. The number of aromatic nitrogens is 2. The lowest BCUT2D eigenvalue weighted by Gasteiger charge is -2.25. The monoisotopic (exact) mass is 457 g/mol. The summed E-state index contributed by atoms with van der Waals surface area (Å²) in [4.78, 5) is 4.75. The van der Waals surface area contributed by atoms with E-state index in [2.05, 4.69) is 10.1 Å². The average molecular weight is 458 g/mol. The maximum Gasteiger partial charge on any atom is 0.258 e. The Morgan fingerprint density at radius 2 is 1.56 bits per heavy atom. The van der Waals surface area contributed by atoms with Crippen LogP contribution in [0.15, 0.2) is 51.9 Å². The molecule has 9 heteroatoms. The van der Waals surface area contributed by atoms with Crippen molar-refractivity contribution in [2.24, 2.45) is 0 Å². The first-order valence-electron chi connectivity index (χ1n) is 10.9. The van der Waals surface area contributed by atoms with Gasteiger partial charge in [0.15, 0.2) is 11.5 Å². The van der Waals surface area contributed by atoms with E-state index in [0.29, 0.717) is 60.6 Å². The molecule has 4 rings (SSSR count). The van der Waals surface area contributed by atoms with Gasteiger partial charge in [0, 0.05) is 24.2 Å². The fourth-order valence-corrected chi connectivity index (χ4v) is 5.19. The second-order valence-electron chi connectivity index (χ2n) is 7.44. The molecule has 2 aromatic carbocycles. The van der Waals surface area contributed by atoms with Gasteiger partial charge in [-0.05, 0) is 69.2 Å². The Morgan fingerprint density at radius 1 is 0.906 bits per heavy atom. The van der Waals surface area contributed by atoms with Crippen molar-refractivity contribution in [1.82, 2.24) is 14.4 Å². The van der Waals surface area contributed by atoms with Crippen molar-refractivity contribution >= 4 is 10.0 Å². The molecule has 1 aliphatic rings. The molecule has 0 saturated carbocycles. The fraction of sp³-hybridized carbons (Fsp3) is 0.391. The highest BCUT2D eigenvalue weighted by Crippen LogP contribution is 2.33. The van der Waals surface area contributed by atoms with E-state index in [4.69, 9.17) is 14.0 Å². The molecule has 3 aromatic rings.